The van der Waals surface area contributed by atoms with E-state index >= 15 is 0 Å². The summed E-state index contributed by atoms with van der Waals surface area (Å²) in [5.74, 6) is -1.06. The van der Waals surface area contributed by atoms with Gasteiger partial charge in [0.2, 0.25) is 11.8 Å². The molecule has 12 heteroatoms. The molecule has 0 saturated carbocycles. The van der Waals surface area contributed by atoms with Gasteiger partial charge in [0.1, 0.15) is 8.64 Å². The molecule has 0 radical (unpaired) electrons. The number of hydrogen-bond acceptors (Lipinski definition) is 8. The van der Waals surface area contributed by atoms with Crippen molar-refractivity contribution in [3.8, 4) is 0 Å². The smallest absolute Gasteiger partial charge is 0.267 e. The molecule has 2 aromatic carbocycles. The van der Waals surface area contributed by atoms with Crippen LogP contribution in [0.5, 0.6) is 0 Å². The largest absolute Gasteiger partial charge is 0.341 e. The van der Waals surface area contributed by atoms with Crippen molar-refractivity contribution in [2.45, 2.75) is 25.9 Å². The molecule has 0 bridgehead atoms. The monoisotopic (exact) mass is 612 g/mol. The molecule has 0 spiro atoms. The molecule has 8 nitrogen and oxygen atoms in total. The van der Waals surface area contributed by atoms with Gasteiger partial charge in [0.25, 0.3) is 11.8 Å². The average Bonchev–Trinajstić information content (AvgIpc) is 3.39. The molecular weight excluding hydrogens is 585 g/mol. The number of nitrogens with zero attached hydrogens (tertiary/aromatic N) is 4. The fraction of sp³-hybridized carbons (Fsp3) is 0.286. The molecular formula is C28H28N4O4S4. The number of amides is 4. The zero-order valence-electron chi connectivity index (χ0n) is 22.1. The summed E-state index contributed by atoms with van der Waals surface area (Å²) < 4.78 is 0.586. The number of benzene rings is 2. The van der Waals surface area contributed by atoms with Gasteiger partial charge < -0.3 is 9.80 Å². The number of rotatable bonds is 10. The zero-order valence-corrected chi connectivity index (χ0v) is 25.3. The Morgan fingerprint density at radius 2 is 1.02 bits per heavy atom. The Bertz CT molecular complexity index is 1260. The maximum atomic E-state index is 13.2. The highest BCUT2D eigenvalue weighted by Gasteiger charge is 2.42. The summed E-state index contributed by atoms with van der Waals surface area (Å²) >= 11 is 12.9. The van der Waals surface area contributed by atoms with Gasteiger partial charge >= 0.3 is 0 Å². The van der Waals surface area contributed by atoms with Gasteiger partial charge in [-0.3, -0.25) is 29.0 Å². The van der Waals surface area contributed by atoms with Crippen LogP contribution in [0.3, 0.4) is 0 Å². The summed E-state index contributed by atoms with van der Waals surface area (Å²) in [6.07, 6.45) is 0.200. The van der Waals surface area contributed by atoms with E-state index in [1.165, 1.54) is 9.80 Å². The van der Waals surface area contributed by atoms with Crippen molar-refractivity contribution < 1.29 is 19.2 Å². The fourth-order valence-electron chi connectivity index (χ4n) is 4.14. The molecule has 2 aliphatic rings. The second-order valence-corrected chi connectivity index (χ2v) is 12.6. The first-order chi connectivity index (χ1) is 19.2. The van der Waals surface area contributed by atoms with Crippen LogP contribution in [-0.2, 0) is 32.3 Å². The molecule has 4 rings (SSSR count). The van der Waals surface area contributed by atoms with Gasteiger partial charge in [-0.1, -0.05) is 109 Å². The standard InChI is InChI=1S/C28H28N4O4S4/c1-29(17-19-9-5-3-6-10-19)21(33)13-15-31-25(35)23(39-27(31)37)24-26(36)32(28(38)40-24)16-14-22(34)30(2)18-20-11-7-4-8-12-20/h3-12H,13-18H2,1-2H3/b24-23+. The van der Waals surface area contributed by atoms with Crippen molar-refractivity contribution in [3.05, 3.63) is 81.6 Å². The lowest BCUT2D eigenvalue weighted by atomic mass is 10.2. The average molecular weight is 613 g/mol. The van der Waals surface area contributed by atoms with Crippen LogP contribution < -0.4 is 0 Å². The molecule has 0 atom stereocenters. The van der Waals surface area contributed by atoms with E-state index < -0.39 is 11.8 Å². The van der Waals surface area contributed by atoms with Gasteiger partial charge in [-0.15, -0.1) is 0 Å². The van der Waals surface area contributed by atoms with Crippen molar-refractivity contribution in [2.24, 2.45) is 0 Å². The normalized spacial score (nSPS) is 17.1. The fourth-order valence-corrected chi connectivity index (χ4v) is 6.91. The number of carbonyl (C=O) groups excluding carboxylic acids is 4. The highest BCUT2D eigenvalue weighted by molar-refractivity contribution is 8.29. The lowest BCUT2D eigenvalue weighted by Gasteiger charge is -2.20. The maximum Gasteiger partial charge on any atom is 0.267 e. The van der Waals surface area contributed by atoms with E-state index in [0.717, 1.165) is 34.7 Å². The van der Waals surface area contributed by atoms with Crippen LogP contribution in [0.1, 0.15) is 24.0 Å². The minimum absolute atomic E-state index is 0.0998. The van der Waals surface area contributed by atoms with Crippen molar-refractivity contribution >= 4 is 80.2 Å². The molecule has 2 aliphatic heterocycles. The summed E-state index contributed by atoms with van der Waals surface area (Å²) in [7, 11) is 3.43. The van der Waals surface area contributed by atoms with Crippen LogP contribution >= 0.6 is 48.0 Å². The number of thiocarbonyl (C=S) groups is 2. The first-order valence-corrected chi connectivity index (χ1v) is 15.0. The zero-order chi connectivity index (χ0) is 28.8. The van der Waals surface area contributed by atoms with E-state index in [1.807, 2.05) is 60.7 Å². The number of thioether (sulfide) groups is 2. The van der Waals surface area contributed by atoms with Gasteiger partial charge in [-0.2, -0.15) is 0 Å². The van der Waals surface area contributed by atoms with Gasteiger partial charge in [-0.25, -0.2) is 0 Å². The summed E-state index contributed by atoms with van der Waals surface area (Å²) in [6.45, 7) is 1.17. The van der Waals surface area contributed by atoms with Crippen LogP contribution in [0.2, 0.25) is 0 Å². The molecule has 208 valence electrons. The Balaban J connectivity index is 1.33. The molecule has 0 unspecified atom stereocenters. The lowest BCUT2D eigenvalue weighted by Crippen LogP contribution is -2.35. The minimum atomic E-state index is -0.410. The van der Waals surface area contributed by atoms with E-state index in [4.69, 9.17) is 24.4 Å². The van der Waals surface area contributed by atoms with Gasteiger partial charge in [0.15, 0.2) is 0 Å². The second kappa shape index (κ2) is 13.5. The van der Waals surface area contributed by atoms with Gasteiger partial charge in [0.05, 0.1) is 9.81 Å². The summed E-state index contributed by atoms with van der Waals surface area (Å²) in [5, 5.41) is 0. The van der Waals surface area contributed by atoms with Crippen molar-refractivity contribution in [1.82, 2.24) is 19.6 Å². The van der Waals surface area contributed by atoms with E-state index in [1.54, 1.807) is 23.9 Å². The molecule has 0 aliphatic carbocycles. The van der Waals surface area contributed by atoms with Crippen LogP contribution in [0.15, 0.2) is 70.5 Å². The maximum absolute atomic E-state index is 13.2. The second-order valence-electron chi connectivity index (χ2n) is 9.28. The molecule has 2 heterocycles. The lowest BCUT2D eigenvalue weighted by molar-refractivity contribution is -0.132. The highest BCUT2D eigenvalue weighted by Crippen LogP contribution is 2.42. The van der Waals surface area contributed by atoms with Crippen LogP contribution in [0, 0.1) is 0 Å². The Morgan fingerprint density at radius 3 is 1.38 bits per heavy atom. The Labute approximate surface area is 252 Å². The van der Waals surface area contributed by atoms with Crippen LogP contribution in [0.4, 0.5) is 0 Å². The summed E-state index contributed by atoms with van der Waals surface area (Å²) in [6, 6.07) is 19.3. The van der Waals surface area contributed by atoms with Crippen LogP contribution in [-0.4, -0.2) is 79.1 Å². The van der Waals surface area contributed by atoms with E-state index in [9.17, 15) is 19.2 Å². The van der Waals surface area contributed by atoms with E-state index in [0.29, 0.717) is 21.7 Å². The molecule has 2 saturated heterocycles. The molecule has 0 N–H and O–H groups in total. The minimum Gasteiger partial charge on any atom is -0.341 e. The third-order valence-electron chi connectivity index (χ3n) is 6.38. The first kappa shape index (κ1) is 29.9. The van der Waals surface area contributed by atoms with Gasteiger partial charge in [0, 0.05) is 53.1 Å². The van der Waals surface area contributed by atoms with E-state index in [-0.39, 0.29) is 47.6 Å². The molecule has 40 heavy (non-hydrogen) atoms. The van der Waals surface area contributed by atoms with Crippen molar-refractivity contribution in [1.29, 1.82) is 0 Å². The summed E-state index contributed by atoms with van der Waals surface area (Å²) in [5.41, 5.74) is 2.02. The SMILES string of the molecule is CN(Cc1ccccc1)C(=O)CCN1C(=O)/C(=C2\SC(=S)N(CCC(=O)N(C)Cc3ccccc3)C2=O)SC1=S. The van der Waals surface area contributed by atoms with Crippen molar-refractivity contribution in [3.63, 3.8) is 0 Å². The first-order valence-electron chi connectivity index (χ1n) is 12.5. The van der Waals surface area contributed by atoms with Crippen LogP contribution in [0.25, 0.3) is 0 Å². The third-order valence-corrected chi connectivity index (χ3v) is 9.41. The number of hydrogen-bond donors (Lipinski definition) is 0. The van der Waals surface area contributed by atoms with Crippen molar-refractivity contribution in [2.75, 3.05) is 27.2 Å². The Hall–Kier alpha value is -3.06. The predicted molar refractivity (Wildman–Crippen MR) is 166 cm³/mol. The molecule has 2 aromatic rings. The molecule has 0 aromatic heterocycles. The quantitative estimate of drug-likeness (QED) is 0.294. The molecule has 4 amide bonds. The Kier molecular flexibility index (Phi) is 10.1. The Morgan fingerprint density at radius 1 is 0.675 bits per heavy atom. The third kappa shape index (κ3) is 7.17. The predicted octanol–water partition coefficient (Wildman–Crippen LogP) is 4.02. The number of carbonyl (C=O) groups is 4. The highest BCUT2D eigenvalue weighted by atomic mass is 32.2. The van der Waals surface area contributed by atoms with Gasteiger partial charge in [-0.05, 0) is 11.1 Å². The molecule has 2 fully saturated rings. The van der Waals surface area contributed by atoms with E-state index in [2.05, 4.69) is 0 Å². The topological polar surface area (TPSA) is 81.2 Å². The summed E-state index contributed by atoms with van der Waals surface area (Å²) in [4.78, 5) is 58.1.